The van der Waals surface area contributed by atoms with Gasteiger partial charge in [-0.2, -0.15) is 0 Å². The molecule has 0 aromatic carbocycles. The predicted molar refractivity (Wildman–Crippen MR) is 75.5 cm³/mol. The minimum absolute atomic E-state index is 0.0450. The van der Waals surface area contributed by atoms with Crippen LogP contribution in [0, 0.1) is 17.3 Å². The third kappa shape index (κ3) is 4.22. The molecule has 0 radical (unpaired) electrons. The fourth-order valence-electron chi connectivity index (χ4n) is 3.10. The molecule has 0 aromatic heterocycles. The quantitative estimate of drug-likeness (QED) is 0.624. The minimum atomic E-state index is 0.0450. The molecule has 1 fully saturated rings. The number of nitrogens with one attached hydrogen (secondary N) is 1. The number of hydrogen-bond donors (Lipinski definition) is 3. The molecule has 0 saturated heterocycles. The summed E-state index contributed by atoms with van der Waals surface area (Å²) in [6.45, 7) is 6.79. The van der Waals surface area contributed by atoms with Crippen LogP contribution in [0.4, 0.5) is 0 Å². The molecule has 18 heavy (non-hydrogen) atoms. The van der Waals surface area contributed by atoms with Crippen molar-refractivity contribution in [1.82, 2.24) is 5.32 Å². The lowest BCUT2D eigenvalue weighted by Crippen LogP contribution is -2.40. The van der Waals surface area contributed by atoms with E-state index in [9.17, 15) is 10.2 Å². The van der Waals surface area contributed by atoms with E-state index in [-0.39, 0.29) is 12.0 Å². The molecule has 0 aromatic rings. The van der Waals surface area contributed by atoms with Gasteiger partial charge >= 0.3 is 0 Å². The van der Waals surface area contributed by atoms with E-state index in [1.54, 1.807) is 0 Å². The van der Waals surface area contributed by atoms with Gasteiger partial charge < -0.3 is 15.5 Å². The molecule has 3 nitrogen and oxygen atoms in total. The van der Waals surface area contributed by atoms with Gasteiger partial charge in [-0.3, -0.25) is 0 Å². The first kappa shape index (κ1) is 15.9. The zero-order chi connectivity index (χ0) is 13.4. The van der Waals surface area contributed by atoms with E-state index in [4.69, 9.17) is 0 Å². The summed E-state index contributed by atoms with van der Waals surface area (Å²) in [6.07, 6.45) is 7.02. The van der Waals surface area contributed by atoms with Crippen molar-refractivity contribution >= 4 is 0 Å². The highest BCUT2D eigenvalue weighted by atomic mass is 16.3. The van der Waals surface area contributed by atoms with E-state index < -0.39 is 0 Å². The number of hydrogen-bond acceptors (Lipinski definition) is 3. The molecule has 0 amide bonds. The largest absolute Gasteiger partial charge is 0.396 e. The van der Waals surface area contributed by atoms with Crippen molar-refractivity contribution in [3.05, 3.63) is 0 Å². The molecule has 1 aliphatic carbocycles. The topological polar surface area (TPSA) is 52.5 Å². The monoisotopic (exact) mass is 257 g/mol. The van der Waals surface area contributed by atoms with Gasteiger partial charge in [0.2, 0.25) is 0 Å². The number of aliphatic hydroxyl groups excluding tert-OH is 2. The van der Waals surface area contributed by atoms with Crippen LogP contribution >= 0.6 is 0 Å². The molecule has 0 spiro atoms. The van der Waals surface area contributed by atoms with Gasteiger partial charge in [0, 0.05) is 25.2 Å². The van der Waals surface area contributed by atoms with Crippen LogP contribution in [-0.2, 0) is 0 Å². The Labute approximate surface area is 112 Å². The Morgan fingerprint density at radius 1 is 1.06 bits per heavy atom. The van der Waals surface area contributed by atoms with Crippen molar-refractivity contribution in [2.24, 2.45) is 17.3 Å². The Bertz CT molecular complexity index is 208. The van der Waals surface area contributed by atoms with Crippen molar-refractivity contribution in [3.63, 3.8) is 0 Å². The van der Waals surface area contributed by atoms with E-state index in [0.29, 0.717) is 18.4 Å². The third-order valence-corrected chi connectivity index (χ3v) is 5.04. The van der Waals surface area contributed by atoms with Crippen molar-refractivity contribution in [3.8, 4) is 0 Å². The Balaban J connectivity index is 2.35. The maximum absolute atomic E-state index is 9.53. The first-order valence-corrected chi connectivity index (χ1v) is 7.63. The highest BCUT2D eigenvalue weighted by Crippen LogP contribution is 2.30. The van der Waals surface area contributed by atoms with Gasteiger partial charge in [0.05, 0.1) is 0 Å². The average molecular weight is 257 g/mol. The predicted octanol–water partition coefficient (Wildman–Crippen LogP) is 2.17. The number of aliphatic hydroxyl groups is 2. The Kier molecular flexibility index (Phi) is 7.20. The Hall–Kier alpha value is -0.120. The van der Waals surface area contributed by atoms with Gasteiger partial charge in [-0.1, -0.05) is 26.7 Å². The SMILES string of the molecule is CCC(CC)(CO)CNCC1CCCCC1CO. The van der Waals surface area contributed by atoms with E-state index in [0.717, 1.165) is 25.9 Å². The summed E-state index contributed by atoms with van der Waals surface area (Å²) in [7, 11) is 0. The summed E-state index contributed by atoms with van der Waals surface area (Å²) in [5.41, 5.74) is 0.0450. The molecule has 2 atom stereocenters. The van der Waals surface area contributed by atoms with Crippen molar-refractivity contribution in [1.29, 1.82) is 0 Å². The first-order chi connectivity index (χ1) is 8.71. The fourth-order valence-corrected chi connectivity index (χ4v) is 3.10. The molecule has 1 rings (SSSR count). The van der Waals surface area contributed by atoms with Gasteiger partial charge in [-0.15, -0.1) is 0 Å². The van der Waals surface area contributed by atoms with Crippen LogP contribution in [0.2, 0.25) is 0 Å². The zero-order valence-corrected chi connectivity index (χ0v) is 12.1. The van der Waals surface area contributed by atoms with E-state index >= 15 is 0 Å². The lowest BCUT2D eigenvalue weighted by atomic mass is 9.79. The normalized spacial score (nSPS) is 25.3. The molecule has 3 heteroatoms. The van der Waals surface area contributed by atoms with Crippen molar-refractivity contribution < 1.29 is 10.2 Å². The fraction of sp³-hybridized carbons (Fsp3) is 1.00. The summed E-state index contributed by atoms with van der Waals surface area (Å²) in [4.78, 5) is 0. The standard InChI is InChI=1S/C15H31NO2/c1-3-15(4-2,12-18)11-16-9-13-7-5-6-8-14(13)10-17/h13-14,16-18H,3-12H2,1-2H3. The van der Waals surface area contributed by atoms with Crippen LogP contribution in [0.1, 0.15) is 52.4 Å². The lowest BCUT2D eigenvalue weighted by molar-refractivity contribution is 0.101. The maximum Gasteiger partial charge on any atom is 0.0499 e. The highest BCUT2D eigenvalue weighted by Gasteiger charge is 2.27. The second-order valence-corrected chi connectivity index (χ2v) is 5.98. The summed E-state index contributed by atoms with van der Waals surface area (Å²) in [6, 6.07) is 0. The molecule has 1 aliphatic rings. The Morgan fingerprint density at radius 2 is 1.67 bits per heavy atom. The van der Waals surface area contributed by atoms with Gasteiger partial charge in [-0.25, -0.2) is 0 Å². The molecule has 0 aliphatic heterocycles. The number of rotatable bonds is 8. The average Bonchev–Trinajstić information content (AvgIpc) is 2.44. The maximum atomic E-state index is 9.53. The van der Waals surface area contributed by atoms with Gasteiger partial charge in [0.1, 0.15) is 0 Å². The molecule has 0 heterocycles. The summed E-state index contributed by atoms with van der Waals surface area (Å²) < 4.78 is 0. The molecule has 3 N–H and O–H groups in total. The van der Waals surface area contributed by atoms with Gasteiger partial charge in [0.15, 0.2) is 0 Å². The molecule has 0 bridgehead atoms. The smallest absolute Gasteiger partial charge is 0.0499 e. The van der Waals surface area contributed by atoms with Crippen LogP contribution in [0.25, 0.3) is 0 Å². The van der Waals surface area contributed by atoms with Gasteiger partial charge in [-0.05, 0) is 44.1 Å². The summed E-state index contributed by atoms with van der Waals surface area (Å²) in [5, 5.41) is 22.5. The van der Waals surface area contributed by atoms with Crippen LogP contribution in [-0.4, -0.2) is 36.5 Å². The second-order valence-electron chi connectivity index (χ2n) is 5.98. The summed E-state index contributed by atoms with van der Waals surface area (Å²) >= 11 is 0. The zero-order valence-electron chi connectivity index (χ0n) is 12.1. The van der Waals surface area contributed by atoms with Crippen LogP contribution < -0.4 is 5.32 Å². The molecule has 1 saturated carbocycles. The van der Waals surface area contributed by atoms with E-state index in [2.05, 4.69) is 19.2 Å². The summed E-state index contributed by atoms with van der Waals surface area (Å²) in [5.74, 6) is 1.10. The van der Waals surface area contributed by atoms with Crippen LogP contribution in [0.15, 0.2) is 0 Å². The van der Waals surface area contributed by atoms with Crippen molar-refractivity contribution in [2.75, 3.05) is 26.3 Å². The molecule has 108 valence electrons. The second kappa shape index (κ2) is 8.13. The van der Waals surface area contributed by atoms with E-state index in [1.807, 2.05) is 0 Å². The third-order valence-electron chi connectivity index (χ3n) is 5.04. The van der Waals surface area contributed by atoms with Crippen LogP contribution in [0.3, 0.4) is 0 Å². The molecule has 2 unspecified atom stereocenters. The van der Waals surface area contributed by atoms with Gasteiger partial charge in [0.25, 0.3) is 0 Å². The first-order valence-electron chi connectivity index (χ1n) is 7.63. The van der Waals surface area contributed by atoms with Crippen molar-refractivity contribution in [2.45, 2.75) is 52.4 Å². The van der Waals surface area contributed by atoms with E-state index in [1.165, 1.54) is 25.7 Å². The van der Waals surface area contributed by atoms with Crippen LogP contribution in [0.5, 0.6) is 0 Å². The minimum Gasteiger partial charge on any atom is -0.396 e. The Morgan fingerprint density at radius 3 is 2.17 bits per heavy atom. The molecular formula is C15H31NO2. The molecular weight excluding hydrogens is 226 g/mol. The lowest BCUT2D eigenvalue weighted by Gasteiger charge is -2.34. The highest BCUT2D eigenvalue weighted by molar-refractivity contribution is 4.81.